The summed E-state index contributed by atoms with van der Waals surface area (Å²) in [5.74, 6) is -0.648. The Morgan fingerprint density at radius 1 is 1.15 bits per heavy atom. The van der Waals surface area contributed by atoms with E-state index in [0.29, 0.717) is 22.5 Å². The minimum absolute atomic E-state index is 0.357. The predicted octanol–water partition coefficient (Wildman–Crippen LogP) is 3.18. The first-order valence-electron chi connectivity index (χ1n) is 5.81. The Balaban J connectivity index is 2.25. The summed E-state index contributed by atoms with van der Waals surface area (Å²) in [5, 5.41) is 3.84. The van der Waals surface area contributed by atoms with Crippen LogP contribution in [0.15, 0.2) is 30.6 Å². The van der Waals surface area contributed by atoms with Crippen LogP contribution in [-0.2, 0) is 0 Å². The van der Waals surface area contributed by atoms with Crippen LogP contribution in [0.25, 0.3) is 16.9 Å². The van der Waals surface area contributed by atoms with Crippen molar-refractivity contribution in [2.75, 3.05) is 0 Å². The average molecular weight is 278 g/mol. The average Bonchev–Trinajstić information content (AvgIpc) is 2.84. The van der Waals surface area contributed by atoms with Gasteiger partial charge in [0.1, 0.15) is 5.69 Å². The molecule has 0 radical (unpaired) electrons. The zero-order valence-corrected chi connectivity index (χ0v) is 10.4. The van der Waals surface area contributed by atoms with Crippen LogP contribution in [-0.4, -0.2) is 19.6 Å². The molecule has 0 aromatic carbocycles. The van der Waals surface area contributed by atoms with Gasteiger partial charge in [0.15, 0.2) is 5.65 Å². The summed E-state index contributed by atoms with van der Waals surface area (Å²) in [6.07, 6.45) is 0.172. The second-order valence-corrected chi connectivity index (χ2v) is 4.29. The SMILES string of the molecule is Cc1cnc(F)cc1-c1cnc2ccc(C(F)F)nn12. The molecule has 0 bridgehead atoms. The van der Waals surface area contributed by atoms with Crippen LogP contribution >= 0.6 is 0 Å². The maximum Gasteiger partial charge on any atom is 0.282 e. The fraction of sp³-hybridized carbons (Fsp3) is 0.154. The second-order valence-electron chi connectivity index (χ2n) is 4.29. The van der Waals surface area contributed by atoms with Crippen molar-refractivity contribution in [3.8, 4) is 11.3 Å². The van der Waals surface area contributed by atoms with E-state index in [1.807, 2.05) is 0 Å². The molecule has 102 valence electrons. The summed E-state index contributed by atoms with van der Waals surface area (Å²) >= 11 is 0. The summed E-state index contributed by atoms with van der Waals surface area (Å²) in [5.41, 5.74) is 1.73. The number of aromatic nitrogens is 4. The molecule has 0 unspecified atom stereocenters. The number of pyridine rings is 1. The van der Waals surface area contributed by atoms with Crippen molar-refractivity contribution >= 4 is 5.65 Å². The van der Waals surface area contributed by atoms with E-state index in [-0.39, 0.29) is 5.69 Å². The van der Waals surface area contributed by atoms with E-state index in [2.05, 4.69) is 15.1 Å². The van der Waals surface area contributed by atoms with Crippen molar-refractivity contribution in [2.45, 2.75) is 13.3 Å². The molecule has 3 aromatic rings. The molecule has 20 heavy (non-hydrogen) atoms. The van der Waals surface area contributed by atoms with Gasteiger partial charge in [-0.05, 0) is 24.6 Å². The maximum atomic E-state index is 13.3. The standard InChI is InChI=1S/C13H9F3N4/c1-7-5-17-11(14)4-8(7)10-6-18-12-3-2-9(13(15)16)19-20(10)12/h2-6,13H,1H3. The van der Waals surface area contributed by atoms with E-state index in [1.54, 1.807) is 6.92 Å². The molecule has 0 spiro atoms. The largest absolute Gasteiger partial charge is 0.282 e. The molecule has 4 nitrogen and oxygen atoms in total. The van der Waals surface area contributed by atoms with Gasteiger partial charge in [-0.25, -0.2) is 23.3 Å². The van der Waals surface area contributed by atoms with Gasteiger partial charge in [0.25, 0.3) is 6.43 Å². The lowest BCUT2D eigenvalue weighted by Gasteiger charge is -2.06. The smallest absolute Gasteiger partial charge is 0.235 e. The molecule has 0 aliphatic heterocycles. The van der Waals surface area contributed by atoms with Gasteiger partial charge in [0.2, 0.25) is 5.95 Å². The van der Waals surface area contributed by atoms with Gasteiger partial charge in [-0.15, -0.1) is 0 Å². The van der Waals surface area contributed by atoms with Crippen LogP contribution in [0.2, 0.25) is 0 Å². The first-order valence-corrected chi connectivity index (χ1v) is 5.81. The Bertz CT molecular complexity index is 782. The van der Waals surface area contributed by atoms with Gasteiger partial charge in [0.05, 0.1) is 11.9 Å². The quantitative estimate of drug-likeness (QED) is 0.676. The normalized spacial score (nSPS) is 11.4. The minimum Gasteiger partial charge on any atom is -0.235 e. The van der Waals surface area contributed by atoms with E-state index in [4.69, 9.17) is 0 Å². The number of hydrogen-bond donors (Lipinski definition) is 0. The third-order valence-corrected chi connectivity index (χ3v) is 2.95. The van der Waals surface area contributed by atoms with E-state index in [1.165, 1.54) is 35.1 Å². The molecule has 0 aliphatic carbocycles. The second kappa shape index (κ2) is 4.59. The van der Waals surface area contributed by atoms with Crippen molar-refractivity contribution in [1.29, 1.82) is 0 Å². The van der Waals surface area contributed by atoms with Crippen molar-refractivity contribution in [3.63, 3.8) is 0 Å². The van der Waals surface area contributed by atoms with Crippen LogP contribution in [0.5, 0.6) is 0 Å². The predicted molar refractivity (Wildman–Crippen MR) is 65.9 cm³/mol. The molecule has 0 amide bonds. The zero-order chi connectivity index (χ0) is 14.3. The Hall–Kier alpha value is -2.44. The molecule has 3 rings (SSSR count). The van der Waals surface area contributed by atoms with E-state index in [0.717, 1.165) is 0 Å². The molecule has 0 aliphatic rings. The van der Waals surface area contributed by atoms with Gasteiger partial charge in [0, 0.05) is 17.8 Å². The van der Waals surface area contributed by atoms with Gasteiger partial charge in [-0.1, -0.05) is 0 Å². The zero-order valence-electron chi connectivity index (χ0n) is 10.4. The summed E-state index contributed by atoms with van der Waals surface area (Å²) in [4.78, 5) is 7.62. The minimum atomic E-state index is -2.68. The molecule has 3 aromatic heterocycles. The van der Waals surface area contributed by atoms with Crippen LogP contribution in [0.4, 0.5) is 13.2 Å². The van der Waals surface area contributed by atoms with Crippen molar-refractivity contribution in [3.05, 3.63) is 47.8 Å². The summed E-state index contributed by atoms with van der Waals surface area (Å²) in [7, 11) is 0. The lowest BCUT2D eigenvalue weighted by atomic mass is 10.1. The lowest BCUT2D eigenvalue weighted by Crippen LogP contribution is -2.01. The van der Waals surface area contributed by atoms with Crippen LogP contribution < -0.4 is 0 Å². The number of rotatable bonds is 2. The van der Waals surface area contributed by atoms with Crippen LogP contribution in [0.3, 0.4) is 0 Å². The number of alkyl halides is 2. The molecule has 0 atom stereocenters. The molecular formula is C13H9F3N4. The van der Waals surface area contributed by atoms with Gasteiger partial charge in [-0.3, -0.25) is 0 Å². The number of aryl methyl sites for hydroxylation is 1. The van der Waals surface area contributed by atoms with Gasteiger partial charge in [-0.2, -0.15) is 9.49 Å². The third-order valence-electron chi connectivity index (χ3n) is 2.95. The monoisotopic (exact) mass is 278 g/mol. The topological polar surface area (TPSA) is 43.1 Å². The first kappa shape index (κ1) is 12.6. The Morgan fingerprint density at radius 2 is 1.95 bits per heavy atom. The Morgan fingerprint density at radius 3 is 2.70 bits per heavy atom. The molecular weight excluding hydrogens is 269 g/mol. The number of nitrogens with zero attached hydrogens (tertiary/aromatic N) is 4. The van der Waals surface area contributed by atoms with Crippen LogP contribution in [0, 0.1) is 12.9 Å². The van der Waals surface area contributed by atoms with Crippen molar-refractivity contribution in [1.82, 2.24) is 19.6 Å². The van der Waals surface area contributed by atoms with E-state index in [9.17, 15) is 13.2 Å². The number of halogens is 3. The summed E-state index contributed by atoms with van der Waals surface area (Å²) in [6.45, 7) is 1.75. The van der Waals surface area contributed by atoms with Gasteiger partial charge < -0.3 is 0 Å². The first-order chi connectivity index (χ1) is 9.56. The lowest BCUT2D eigenvalue weighted by molar-refractivity contribution is 0.144. The fourth-order valence-corrected chi connectivity index (χ4v) is 1.96. The molecule has 3 heterocycles. The van der Waals surface area contributed by atoms with Crippen molar-refractivity contribution in [2.24, 2.45) is 0 Å². The Kier molecular flexibility index (Phi) is 2.89. The van der Waals surface area contributed by atoms with Gasteiger partial charge >= 0.3 is 0 Å². The van der Waals surface area contributed by atoms with Crippen LogP contribution in [0.1, 0.15) is 17.7 Å². The highest BCUT2D eigenvalue weighted by Crippen LogP contribution is 2.25. The molecule has 0 N–H and O–H groups in total. The molecule has 0 saturated heterocycles. The Labute approximate surface area is 111 Å². The summed E-state index contributed by atoms with van der Waals surface area (Å²) < 4.78 is 40.0. The fourth-order valence-electron chi connectivity index (χ4n) is 1.96. The maximum absolute atomic E-state index is 13.3. The molecule has 0 saturated carbocycles. The highest BCUT2D eigenvalue weighted by molar-refractivity contribution is 5.65. The van der Waals surface area contributed by atoms with Crippen molar-refractivity contribution < 1.29 is 13.2 Å². The third kappa shape index (κ3) is 2.01. The van der Waals surface area contributed by atoms with E-state index < -0.39 is 12.4 Å². The number of hydrogen-bond acceptors (Lipinski definition) is 3. The van der Waals surface area contributed by atoms with E-state index >= 15 is 0 Å². The summed E-state index contributed by atoms with van der Waals surface area (Å²) in [6, 6.07) is 3.90. The number of fused-ring (bicyclic) bond motifs is 1. The highest BCUT2D eigenvalue weighted by atomic mass is 19.3. The molecule has 0 fully saturated rings. The highest BCUT2D eigenvalue weighted by Gasteiger charge is 2.14. The molecule has 7 heteroatoms. The number of imidazole rings is 1.